The van der Waals surface area contributed by atoms with Gasteiger partial charge < -0.3 is 10.1 Å². The van der Waals surface area contributed by atoms with Crippen LogP contribution in [0.5, 0.6) is 0 Å². The predicted octanol–water partition coefficient (Wildman–Crippen LogP) is 4.00. The van der Waals surface area contributed by atoms with Crippen molar-refractivity contribution < 1.29 is 18.3 Å². The average Bonchev–Trinajstić information content (AvgIpc) is 2.32. The zero-order chi connectivity index (χ0) is 16.2. The van der Waals surface area contributed by atoms with Gasteiger partial charge in [-0.3, -0.25) is 4.79 Å². The quantitative estimate of drug-likeness (QED) is 0.854. The van der Waals surface area contributed by atoms with E-state index in [9.17, 15) is 13.6 Å². The molecule has 1 aromatic rings. The summed E-state index contributed by atoms with van der Waals surface area (Å²) >= 11 is 5.06. The third-order valence-electron chi connectivity index (χ3n) is 2.49. The molecule has 1 rings (SSSR count). The second-order valence-electron chi connectivity index (χ2n) is 5.59. The number of benzene rings is 1. The van der Waals surface area contributed by atoms with E-state index >= 15 is 0 Å². The van der Waals surface area contributed by atoms with Gasteiger partial charge in [0.1, 0.15) is 17.2 Å². The Balaban J connectivity index is 2.94. The van der Waals surface area contributed by atoms with Crippen molar-refractivity contribution in [3.8, 4) is 0 Å². The fourth-order valence-electron chi connectivity index (χ4n) is 1.60. The lowest BCUT2D eigenvalue weighted by molar-refractivity contribution is -0.115. The Bertz CT molecular complexity index is 553. The Kier molecular flexibility index (Phi) is 5.78. The molecule has 0 saturated heterocycles. The zero-order valence-electron chi connectivity index (χ0n) is 12.5. The molecule has 0 atom stereocenters. The van der Waals surface area contributed by atoms with E-state index in [0.717, 1.165) is 6.07 Å². The van der Waals surface area contributed by atoms with Crippen molar-refractivity contribution in [1.29, 1.82) is 0 Å². The highest BCUT2D eigenvalue weighted by Gasteiger charge is 2.17. The van der Waals surface area contributed by atoms with Crippen LogP contribution in [-0.4, -0.2) is 16.6 Å². The molecule has 0 aliphatic heterocycles. The Morgan fingerprint density at radius 1 is 1.29 bits per heavy atom. The van der Waals surface area contributed by atoms with Gasteiger partial charge in [-0.2, -0.15) is 0 Å². The van der Waals surface area contributed by atoms with Crippen molar-refractivity contribution in [2.24, 2.45) is 0 Å². The summed E-state index contributed by atoms with van der Waals surface area (Å²) in [6, 6.07) is 1.98. The second-order valence-corrected chi connectivity index (χ2v) is 6.04. The lowest BCUT2D eigenvalue weighted by atomic mass is 10.1. The van der Waals surface area contributed by atoms with E-state index in [0.29, 0.717) is 0 Å². The van der Waals surface area contributed by atoms with Gasteiger partial charge >= 0.3 is 0 Å². The number of hydrogen-bond acceptors (Lipinski definition) is 3. The van der Waals surface area contributed by atoms with E-state index in [1.807, 2.05) is 20.8 Å². The van der Waals surface area contributed by atoms with Crippen LogP contribution < -0.4 is 5.32 Å². The summed E-state index contributed by atoms with van der Waals surface area (Å²) in [5, 5.41) is 2.59. The van der Waals surface area contributed by atoms with Gasteiger partial charge in [-0.25, -0.2) is 8.78 Å². The molecule has 6 heteroatoms. The maximum atomic E-state index is 13.8. The Morgan fingerprint density at radius 3 is 2.43 bits per heavy atom. The third-order valence-corrected chi connectivity index (χ3v) is 2.71. The molecular formula is C15H19F2NO2S. The highest BCUT2D eigenvalue weighted by molar-refractivity contribution is 7.80. The molecule has 21 heavy (non-hydrogen) atoms. The Hall–Kier alpha value is -1.56. The molecule has 0 aliphatic rings. The smallest absolute Gasteiger partial charge is 0.224 e. The van der Waals surface area contributed by atoms with Crippen LogP contribution in [0.15, 0.2) is 12.1 Å². The van der Waals surface area contributed by atoms with Gasteiger partial charge in [0, 0.05) is 18.9 Å². The predicted molar refractivity (Wildman–Crippen MR) is 82.4 cm³/mol. The fraction of sp³-hybridized carbons (Fsp3) is 0.467. The highest BCUT2D eigenvalue weighted by Crippen LogP contribution is 2.21. The summed E-state index contributed by atoms with van der Waals surface area (Å²) < 4.78 is 32.8. The number of anilines is 1. The van der Waals surface area contributed by atoms with Gasteiger partial charge in [0.2, 0.25) is 5.91 Å². The minimum Gasteiger partial charge on any atom is -0.481 e. The molecule has 0 saturated carbocycles. The average molecular weight is 315 g/mol. The molecule has 0 fully saturated rings. The first-order valence-corrected chi connectivity index (χ1v) is 7.03. The number of hydrogen-bond donors (Lipinski definition) is 1. The summed E-state index contributed by atoms with van der Waals surface area (Å²) in [4.78, 5) is 11.3. The normalized spacial score (nSPS) is 11.1. The van der Waals surface area contributed by atoms with Crippen LogP contribution in [0.3, 0.4) is 0 Å². The lowest BCUT2D eigenvalue weighted by Crippen LogP contribution is -2.24. The minimum absolute atomic E-state index is 0.0354. The standard InChI is InChI=1S/C15H19F2NO2S/c1-5-13(19)18-12-6-9(10(16)8-11(12)17)7-14(21)20-15(2,3)4/h6,8H,5,7H2,1-4H3,(H,18,19). The van der Waals surface area contributed by atoms with Crippen molar-refractivity contribution in [2.75, 3.05) is 5.32 Å². The van der Waals surface area contributed by atoms with Crippen LogP contribution in [0.1, 0.15) is 39.7 Å². The van der Waals surface area contributed by atoms with E-state index in [1.165, 1.54) is 6.07 Å². The maximum Gasteiger partial charge on any atom is 0.224 e. The molecular weight excluding hydrogens is 296 g/mol. The first-order chi connectivity index (χ1) is 9.62. The third kappa shape index (κ3) is 5.75. The number of rotatable bonds is 4. The summed E-state index contributed by atoms with van der Waals surface area (Å²) in [6.07, 6.45) is 0.241. The molecule has 0 heterocycles. The number of carbonyl (C=O) groups is 1. The van der Waals surface area contributed by atoms with E-state index in [-0.39, 0.29) is 35.1 Å². The van der Waals surface area contributed by atoms with Crippen molar-refractivity contribution in [1.82, 2.24) is 0 Å². The fourth-order valence-corrected chi connectivity index (χ4v) is 2.00. The summed E-state index contributed by atoms with van der Waals surface area (Å²) in [5.74, 6) is -1.89. The van der Waals surface area contributed by atoms with Gasteiger partial charge in [0.05, 0.1) is 5.69 Å². The monoisotopic (exact) mass is 315 g/mol. The minimum atomic E-state index is -0.819. The topological polar surface area (TPSA) is 38.3 Å². The van der Waals surface area contributed by atoms with Crippen molar-refractivity contribution in [2.45, 2.75) is 46.1 Å². The van der Waals surface area contributed by atoms with Gasteiger partial charge in [0.15, 0.2) is 5.05 Å². The van der Waals surface area contributed by atoms with Gasteiger partial charge in [0.25, 0.3) is 0 Å². The van der Waals surface area contributed by atoms with Crippen LogP contribution in [-0.2, 0) is 16.0 Å². The largest absolute Gasteiger partial charge is 0.481 e. The van der Waals surface area contributed by atoms with E-state index < -0.39 is 17.2 Å². The number of ether oxygens (including phenoxy) is 1. The summed E-state index contributed by atoms with van der Waals surface area (Å²) in [7, 11) is 0. The number of halogens is 2. The summed E-state index contributed by atoms with van der Waals surface area (Å²) in [5.41, 5.74) is -0.360. The van der Waals surface area contributed by atoms with Crippen LogP contribution in [0.2, 0.25) is 0 Å². The number of amides is 1. The second kappa shape index (κ2) is 6.93. The molecule has 0 aliphatic carbocycles. The first kappa shape index (κ1) is 17.5. The molecule has 0 spiro atoms. The highest BCUT2D eigenvalue weighted by atomic mass is 32.1. The van der Waals surface area contributed by atoms with E-state index in [4.69, 9.17) is 17.0 Å². The Morgan fingerprint density at radius 2 is 1.90 bits per heavy atom. The number of carbonyl (C=O) groups excluding carboxylic acids is 1. The van der Waals surface area contributed by atoms with Crippen LogP contribution in [0, 0.1) is 11.6 Å². The first-order valence-electron chi connectivity index (χ1n) is 6.62. The van der Waals surface area contributed by atoms with Crippen LogP contribution >= 0.6 is 12.2 Å². The molecule has 0 radical (unpaired) electrons. The molecule has 3 nitrogen and oxygen atoms in total. The molecule has 0 bridgehead atoms. The van der Waals surface area contributed by atoms with Crippen molar-refractivity contribution in [3.05, 3.63) is 29.3 Å². The zero-order valence-corrected chi connectivity index (χ0v) is 13.4. The molecule has 116 valence electrons. The number of nitrogens with one attached hydrogen (secondary N) is 1. The van der Waals surface area contributed by atoms with E-state index in [1.54, 1.807) is 6.92 Å². The van der Waals surface area contributed by atoms with Crippen LogP contribution in [0.25, 0.3) is 0 Å². The molecule has 1 aromatic carbocycles. The van der Waals surface area contributed by atoms with E-state index in [2.05, 4.69) is 5.32 Å². The summed E-state index contributed by atoms with van der Waals surface area (Å²) in [6.45, 7) is 7.12. The SMILES string of the molecule is CCC(=O)Nc1cc(CC(=S)OC(C)(C)C)c(F)cc1F. The molecule has 1 amide bonds. The van der Waals surface area contributed by atoms with Gasteiger partial charge in [-0.15, -0.1) is 0 Å². The van der Waals surface area contributed by atoms with Gasteiger partial charge in [-0.1, -0.05) is 6.92 Å². The molecule has 0 aromatic heterocycles. The Labute approximate surface area is 128 Å². The lowest BCUT2D eigenvalue weighted by Gasteiger charge is -2.21. The molecule has 1 N–H and O–H groups in total. The molecule has 0 unspecified atom stereocenters. The maximum absolute atomic E-state index is 13.8. The van der Waals surface area contributed by atoms with Crippen molar-refractivity contribution >= 4 is 28.9 Å². The van der Waals surface area contributed by atoms with Crippen LogP contribution in [0.4, 0.5) is 14.5 Å². The van der Waals surface area contributed by atoms with Crippen molar-refractivity contribution in [3.63, 3.8) is 0 Å². The number of thiocarbonyl (C=S) groups is 1. The van der Waals surface area contributed by atoms with Gasteiger partial charge in [-0.05, 0) is 44.6 Å².